The number of piperidine rings is 1. The summed E-state index contributed by atoms with van der Waals surface area (Å²) in [5.74, 6) is 2.20. The molecule has 3 rings (SSSR count). The Morgan fingerprint density at radius 3 is 2.68 bits per heavy atom. The van der Waals surface area contributed by atoms with Crippen molar-refractivity contribution in [2.45, 2.75) is 18.9 Å². The van der Waals surface area contributed by atoms with Gasteiger partial charge in [0.15, 0.2) is 0 Å². The third-order valence-corrected chi connectivity index (χ3v) is 4.22. The van der Waals surface area contributed by atoms with Crippen molar-refractivity contribution < 1.29 is 9.84 Å². The molecule has 1 unspecified atom stereocenters. The van der Waals surface area contributed by atoms with Crippen LogP contribution in [0.1, 0.15) is 24.8 Å². The summed E-state index contributed by atoms with van der Waals surface area (Å²) < 4.78 is 7.02. The van der Waals surface area contributed by atoms with Gasteiger partial charge in [0.1, 0.15) is 11.9 Å². The van der Waals surface area contributed by atoms with Crippen LogP contribution in [0.4, 0.5) is 5.95 Å². The molecule has 22 heavy (non-hydrogen) atoms. The molecule has 1 saturated heterocycles. The Kier molecular flexibility index (Phi) is 4.24. The molecule has 0 aliphatic carbocycles. The molecule has 0 bridgehead atoms. The largest absolute Gasteiger partial charge is 0.481 e. The molecule has 1 atom stereocenters. The SMILES string of the molecule is COc1ccnc(N2CCC(C(O)c3nccn3C)CC2)n1. The highest BCUT2D eigenvalue weighted by atomic mass is 16.5. The Bertz CT molecular complexity index is 622. The molecule has 1 aliphatic heterocycles. The topological polar surface area (TPSA) is 76.3 Å². The van der Waals surface area contributed by atoms with Crippen molar-refractivity contribution in [1.82, 2.24) is 19.5 Å². The second-order valence-corrected chi connectivity index (χ2v) is 5.56. The van der Waals surface area contributed by atoms with Gasteiger partial charge in [0, 0.05) is 44.8 Å². The van der Waals surface area contributed by atoms with Gasteiger partial charge in [-0.25, -0.2) is 9.97 Å². The third-order valence-electron chi connectivity index (χ3n) is 4.22. The lowest BCUT2D eigenvalue weighted by atomic mass is 9.91. The summed E-state index contributed by atoms with van der Waals surface area (Å²) >= 11 is 0. The summed E-state index contributed by atoms with van der Waals surface area (Å²) in [5.41, 5.74) is 0. The number of anilines is 1. The molecule has 7 nitrogen and oxygen atoms in total. The van der Waals surface area contributed by atoms with Crippen molar-refractivity contribution in [3.05, 3.63) is 30.5 Å². The lowest BCUT2D eigenvalue weighted by molar-refractivity contribution is 0.0823. The number of nitrogens with zero attached hydrogens (tertiary/aromatic N) is 5. The second-order valence-electron chi connectivity index (χ2n) is 5.56. The predicted octanol–water partition coefficient (Wildman–Crippen LogP) is 1.17. The number of aromatic nitrogens is 4. The Labute approximate surface area is 129 Å². The molecule has 0 amide bonds. The Balaban J connectivity index is 1.63. The normalized spacial score (nSPS) is 17.5. The van der Waals surface area contributed by atoms with Gasteiger partial charge in [0.05, 0.1) is 7.11 Å². The first-order chi connectivity index (χ1) is 10.7. The zero-order valence-electron chi connectivity index (χ0n) is 12.9. The van der Waals surface area contributed by atoms with Crippen molar-refractivity contribution >= 4 is 5.95 Å². The van der Waals surface area contributed by atoms with Gasteiger partial charge in [0.25, 0.3) is 0 Å². The van der Waals surface area contributed by atoms with Crippen LogP contribution in [0.5, 0.6) is 5.88 Å². The van der Waals surface area contributed by atoms with Crippen LogP contribution < -0.4 is 9.64 Å². The van der Waals surface area contributed by atoms with Crippen LogP contribution in [-0.2, 0) is 7.05 Å². The van der Waals surface area contributed by atoms with Crippen LogP contribution in [-0.4, -0.2) is 44.8 Å². The molecule has 1 fully saturated rings. The van der Waals surface area contributed by atoms with E-state index in [1.54, 1.807) is 25.6 Å². The number of imidazole rings is 1. The third kappa shape index (κ3) is 2.89. The molecule has 2 aromatic rings. The minimum atomic E-state index is -0.520. The fraction of sp³-hybridized carbons (Fsp3) is 0.533. The number of ether oxygens (including phenoxy) is 1. The Morgan fingerprint density at radius 1 is 1.27 bits per heavy atom. The molecule has 0 radical (unpaired) electrons. The molecular formula is C15H21N5O2. The van der Waals surface area contributed by atoms with Gasteiger partial charge in [-0.3, -0.25) is 0 Å². The minimum absolute atomic E-state index is 0.211. The fourth-order valence-corrected chi connectivity index (χ4v) is 2.89. The van der Waals surface area contributed by atoms with E-state index in [2.05, 4.69) is 19.9 Å². The van der Waals surface area contributed by atoms with Crippen molar-refractivity contribution in [1.29, 1.82) is 0 Å². The van der Waals surface area contributed by atoms with E-state index in [4.69, 9.17) is 4.74 Å². The summed E-state index contributed by atoms with van der Waals surface area (Å²) in [6.07, 6.45) is 6.53. The van der Waals surface area contributed by atoms with Crippen LogP contribution in [0.25, 0.3) is 0 Å². The summed E-state index contributed by atoms with van der Waals surface area (Å²) in [6.45, 7) is 1.64. The fourth-order valence-electron chi connectivity index (χ4n) is 2.89. The minimum Gasteiger partial charge on any atom is -0.481 e. The lowest BCUT2D eigenvalue weighted by Gasteiger charge is -2.34. The molecule has 1 aliphatic rings. The van der Waals surface area contributed by atoms with E-state index in [0.717, 1.165) is 31.8 Å². The zero-order chi connectivity index (χ0) is 15.5. The first-order valence-electron chi connectivity index (χ1n) is 7.46. The van der Waals surface area contributed by atoms with Crippen molar-refractivity contribution in [3.63, 3.8) is 0 Å². The summed E-state index contributed by atoms with van der Waals surface area (Å²) in [6, 6.07) is 1.74. The summed E-state index contributed by atoms with van der Waals surface area (Å²) in [4.78, 5) is 15.0. The monoisotopic (exact) mass is 303 g/mol. The Hall–Kier alpha value is -2.15. The van der Waals surface area contributed by atoms with Crippen LogP contribution in [0, 0.1) is 5.92 Å². The smallest absolute Gasteiger partial charge is 0.228 e. The van der Waals surface area contributed by atoms with E-state index in [-0.39, 0.29) is 5.92 Å². The van der Waals surface area contributed by atoms with Gasteiger partial charge >= 0.3 is 0 Å². The highest BCUT2D eigenvalue weighted by molar-refractivity contribution is 5.32. The molecule has 3 heterocycles. The molecule has 118 valence electrons. The molecule has 1 N–H and O–H groups in total. The van der Waals surface area contributed by atoms with Crippen LogP contribution in [0.3, 0.4) is 0 Å². The Morgan fingerprint density at radius 2 is 2.05 bits per heavy atom. The van der Waals surface area contributed by atoms with Gasteiger partial charge in [-0.15, -0.1) is 0 Å². The maximum Gasteiger partial charge on any atom is 0.228 e. The molecule has 2 aromatic heterocycles. The van der Waals surface area contributed by atoms with Gasteiger partial charge in [-0.05, 0) is 18.8 Å². The lowest BCUT2D eigenvalue weighted by Crippen LogP contribution is -2.37. The summed E-state index contributed by atoms with van der Waals surface area (Å²) in [7, 11) is 3.51. The standard InChI is InChI=1S/C15H21N5O2/c1-19-10-7-16-14(19)13(21)11-4-8-20(9-5-11)15-17-6-3-12(18-15)22-2/h3,6-7,10-11,13,21H,4-5,8-9H2,1-2H3. The maximum atomic E-state index is 10.5. The zero-order valence-corrected chi connectivity index (χ0v) is 12.9. The second kappa shape index (κ2) is 6.31. The first kappa shape index (κ1) is 14.8. The van der Waals surface area contributed by atoms with E-state index < -0.39 is 6.10 Å². The van der Waals surface area contributed by atoms with Crippen LogP contribution in [0.2, 0.25) is 0 Å². The number of aryl methyl sites for hydroxylation is 1. The maximum absolute atomic E-state index is 10.5. The number of aliphatic hydroxyl groups excluding tert-OH is 1. The van der Waals surface area contributed by atoms with Gasteiger partial charge in [0.2, 0.25) is 11.8 Å². The van der Waals surface area contributed by atoms with Crippen molar-refractivity contribution in [2.24, 2.45) is 13.0 Å². The molecule has 0 spiro atoms. The van der Waals surface area contributed by atoms with E-state index in [1.807, 2.05) is 17.8 Å². The number of rotatable bonds is 4. The molecule has 0 saturated carbocycles. The quantitative estimate of drug-likeness (QED) is 0.913. The van der Waals surface area contributed by atoms with Gasteiger partial charge < -0.3 is 19.3 Å². The predicted molar refractivity (Wildman–Crippen MR) is 81.7 cm³/mol. The average Bonchev–Trinajstić information content (AvgIpc) is 3.00. The van der Waals surface area contributed by atoms with Crippen LogP contribution >= 0.6 is 0 Å². The number of aliphatic hydroxyl groups is 1. The molecule has 7 heteroatoms. The first-order valence-corrected chi connectivity index (χ1v) is 7.46. The number of hydrogen-bond donors (Lipinski definition) is 1. The van der Waals surface area contributed by atoms with E-state index in [9.17, 15) is 5.11 Å². The van der Waals surface area contributed by atoms with E-state index >= 15 is 0 Å². The average molecular weight is 303 g/mol. The highest BCUT2D eigenvalue weighted by Gasteiger charge is 2.29. The van der Waals surface area contributed by atoms with Gasteiger partial charge in [-0.2, -0.15) is 4.98 Å². The number of hydrogen-bond acceptors (Lipinski definition) is 6. The molecule has 0 aromatic carbocycles. The van der Waals surface area contributed by atoms with E-state index in [0.29, 0.717) is 11.8 Å². The van der Waals surface area contributed by atoms with Crippen molar-refractivity contribution in [3.8, 4) is 5.88 Å². The highest BCUT2D eigenvalue weighted by Crippen LogP contribution is 2.30. The number of methoxy groups -OCH3 is 1. The van der Waals surface area contributed by atoms with Gasteiger partial charge in [-0.1, -0.05) is 0 Å². The van der Waals surface area contributed by atoms with Crippen molar-refractivity contribution in [2.75, 3.05) is 25.1 Å². The van der Waals surface area contributed by atoms with E-state index in [1.165, 1.54) is 0 Å². The van der Waals surface area contributed by atoms with Crippen LogP contribution in [0.15, 0.2) is 24.7 Å². The molecular weight excluding hydrogens is 282 g/mol. The summed E-state index contributed by atoms with van der Waals surface area (Å²) in [5, 5.41) is 10.5.